The van der Waals surface area contributed by atoms with E-state index in [9.17, 15) is 13.2 Å². The predicted octanol–water partition coefficient (Wildman–Crippen LogP) is 2.79. The Labute approximate surface area is 181 Å². The van der Waals surface area contributed by atoms with E-state index >= 15 is 0 Å². The van der Waals surface area contributed by atoms with Crippen molar-refractivity contribution in [1.29, 1.82) is 0 Å². The highest BCUT2D eigenvalue weighted by Crippen LogP contribution is 2.24. The number of hydrogen-bond donors (Lipinski definition) is 0. The van der Waals surface area contributed by atoms with Crippen molar-refractivity contribution in [2.45, 2.75) is 48.8 Å². The van der Waals surface area contributed by atoms with E-state index in [2.05, 4.69) is 15.0 Å². The number of piperazine rings is 1. The number of hydrogen-bond acceptors (Lipinski definition) is 7. The highest BCUT2D eigenvalue weighted by molar-refractivity contribution is 7.90. The maximum absolute atomic E-state index is 12.7. The molecule has 1 saturated carbocycles. The van der Waals surface area contributed by atoms with Gasteiger partial charge in [0.1, 0.15) is 5.75 Å². The van der Waals surface area contributed by atoms with Crippen LogP contribution in [0.4, 0.5) is 0 Å². The number of sulfone groups is 1. The van der Waals surface area contributed by atoms with Crippen LogP contribution in [0.2, 0.25) is 5.02 Å². The smallest absolute Gasteiger partial charge is 0.316 e. The van der Waals surface area contributed by atoms with E-state index in [4.69, 9.17) is 16.1 Å². The number of halogens is 1. The highest BCUT2D eigenvalue weighted by Gasteiger charge is 2.30. The molecule has 0 radical (unpaired) electrons. The van der Waals surface area contributed by atoms with Gasteiger partial charge in [-0.05, 0) is 37.1 Å². The van der Waals surface area contributed by atoms with Crippen molar-refractivity contribution < 1.29 is 17.7 Å². The minimum atomic E-state index is -3.66. The summed E-state index contributed by atoms with van der Waals surface area (Å²) in [5.74, 6) is -0.988. The van der Waals surface area contributed by atoms with Crippen LogP contribution < -0.4 is 0 Å². The Hall–Kier alpha value is -1.97. The van der Waals surface area contributed by atoms with E-state index in [0.717, 1.165) is 13.1 Å². The monoisotopic (exact) mass is 452 g/mol. The average molecular weight is 453 g/mol. The molecule has 2 fully saturated rings. The van der Waals surface area contributed by atoms with Crippen LogP contribution >= 0.6 is 11.6 Å². The molecular formula is C20H25ClN4O4S. The highest BCUT2D eigenvalue weighted by atomic mass is 35.5. The van der Waals surface area contributed by atoms with Gasteiger partial charge in [0.2, 0.25) is 0 Å². The third-order valence-electron chi connectivity index (χ3n) is 5.84. The molecule has 0 bridgehead atoms. The molecule has 4 rings (SSSR count). The normalized spacial score (nSPS) is 19.2. The van der Waals surface area contributed by atoms with E-state index in [0.29, 0.717) is 24.2 Å². The van der Waals surface area contributed by atoms with Gasteiger partial charge in [-0.3, -0.25) is 9.69 Å². The van der Waals surface area contributed by atoms with Crippen LogP contribution in [0.3, 0.4) is 0 Å². The van der Waals surface area contributed by atoms with Crippen LogP contribution in [0, 0.1) is 0 Å². The van der Waals surface area contributed by atoms with Crippen molar-refractivity contribution in [3.63, 3.8) is 0 Å². The Morgan fingerprint density at radius 3 is 2.40 bits per heavy atom. The van der Waals surface area contributed by atoms with Crippen LogP contribution in [0.5, 0.6) is 0 Å². The quantitative estimate of drug-likeness (QED) is 0.688. The van der Waals surface area contributed by atoms with Gasteiger partial charge < -0.3 is 9.42 Å². The number of nitrogens with zero attached hydrogens (tertiary/aromatic N) is 4. The summed E-state index contributed by atoms with van der Waals surface area (Å²) >= 11 is 5.81. The van der Waals surface area contributed by atoms with Gasteiger partial charge in [0.25, 0.3) is 0 Å². The van der Waals surface area contributed by atoms with Gasteiger partial charge in [0.05, 0.1) is 4.90 Å². The molecule has 162 valence electrons. The fourth-order valence-electron chi connectivity index (χ4n) is 4.17. The van der Waals surface area contributed by atoms with Crippen molar-refractivity contribution in [3.05, 3.63) is 41.0 Å². The molecule has 1 aliphatic heterocycles. The summed E-state index contributed by atoms with van der Waals surface area (Å²) in [6, 6.07) is 6.49. The van der Waals surface area contributed by atoms with Crippen LogP contribution in [-0.4, -0.2) is 66.5 Å². The topological polar surface area (TPSA) is 96.6 Å². The molecule has 0 N–H and O–H groups in total. The summed E-state index contributed by atoms with van der Waals surface area (Å²) in [7, 11) is -3.66. The fraction of sp³-hybridized carbons (Fsp3) is 0.550. The van der Waals surface area contributed by atoms with Crippen LogP contribution in [-0.2, 0) is 15.6 Å². The predicted molar refractivity (Wildman–Crippen MR) is 111 cm³/mol. The lowest BCUT2D eigenvalue weighted by Gasteiger charge is -2.40. The number of aromatic nitrogens is 2. The first-order chi connectivity index (χ1) is 14.4. The van der Waals surface area contributed by atoms with Crippen LogP contribution in [0.25, 0.3) is 0 Å². The van der Waals surface area contributed by atoms with Crippen LogP contribution in [0.1, 0.15) is 48.6 Å². The lowest BCUT2D eigenvalue weighted by atomic mass is 9.94. The lowest BCUT2D eigenvalue weighted by molar-refractivity contribution is 0.0483. The van der Waals surface area contributed by atoms with Crippen molar-refractivity contribution >= 4 is 27.3 Å². The maximum atomic E-state index is 12.7. The number of carbonyl (C=O) groups is 1. The third-order valence-corrected chi connectivity index (χ3v) is 7.72. The van der Waals surface area contributed by atoms with Gasteiger partial charge >= 0.3 is 11.8 Å². The zero-order chi connectivity index (χ0) is 21.1. The summed E-state index contributed by atoms with van der Waals surface area (Å²) in [5, 5.41) is 4.15. The molecule has 2 heterocycles. The van der Waals surface area contributed by atoms with Crippen molar-refractivity contribution in [2.24, 2.45) is 0 Å². The summed E-state index contributed by atoms with van der Waals surface area (Å²) in [6.07, 6.45) is 6.37. The van der Waals surface area contributed by atoms with E-state index in [-0.39, 0.29) is 22.5 Å². The molecule has 2 aromatic rings. The maximum Gasteiger partial charge on any atom is 0.316 e. The Morgan fingerprint density at radius 2 is 1.73 bits per heavy atom. The molecule has 0 atom stereocenters. The molecule has 2 aliphatic rings. The molecule has 10 heteroatoms. The molecular weight excluding hydrogens is 428 g/mol. The summed E-state index contributed by atoms with van der Waals surface area (Å²) in [4.78, 5) is 21.0. The summed E-state index contributed by atoms with van der Waals surface area (Å²) in [6.45, 7) is 2.89. The second-order valence-electron chi connectivity index (χ2n) is 7.85. The van der Waals surface area contributed by atoms with Gasteiger partial charge in [-0.15, -0.1) is 0 Å². The Balaban J connectivity index is 1.35. The first-order valence-electron chi connectivity index (χ1n) is 10.3. The van der Waals surface area contributed by atoms with E-state index in [1.54, 1.807) is 4.90 Å². The van der Waals surface area contributed by atoms with Gasteiger partial charge in [-0.2, -0.15) is 4.98 Å². The van der Waals surface area contributed by atoms with Gasteiger partial charge in [0, 0.05) is 37.2 Å². The largest absolute Gasteiger partial charge is 0.332 e. The average Bonchev–Trinajstić information content (AvgIpc) is 3.22. The zero-order valence-electron chi connectivity index (χ0n) is 16.7. The van der Waals surface area contributed by atoms with Gasteiger partial charge in [0.15, 0.2) is 15.7 Å². The Bertz CT molecular complexity index is 978. The summed E-state index contributed by atoms with van der Waals surface area (Å²) in [5.41, 5.74) is 0. The molecule has 1 aliphatic carbocycles. The molecule has 0 spiro atoms. The molecule has 1 aromatic heterocycles. The molecule has 1 amide bonds. The third kappa shape index (κ3) is 4.84. The van der Waals surface area contributed by atoms with E-state index in [1.807, 2.05) is 0 Å². The number of amides is 1. The minimum absolute atomic E-state index is 0.0332. The zero-order valence-corrected chi connectivity index (χ0v) is 18.2. The number of benzene rings is 1. The second-order valence-corrected chi connectivity index (χ2v) is 10.3. The van der Waals surface area contributed by atoms with E-state index in [1.165, 1.54) is 56.4 Å². The number of rotatable bonds is 5. The Kier molecular flexibility index (Phi) is 6.40. The van der Waals surface area contributed by atoms with Gasteiger partial charge in [-0.1, -0.05) is 36.0 Å². The van der Waals surface area contributed by atoms with Crippen molar-refractivity contribution in [1.82, 2.24) is 19.9 Å². The van der Waals surface area contributed by atoms with Gasteiger partial charge in [-0.25, -0.2) is 8.42 Å². The number of carbonyl (C=O) groups excluding carboxylic acids is 1. The van der Waals surface area contributed by atoms with Crippen molar-refractivity contribution in [2.75, 3.05) is 26.2 Å². The standard InChI is InChI=1S/C20H25ClN4O4S/c21-15-6-8-17(9-7-15)30(27,28)14-18-22-19(29-23-18)20(26)25-12-10-24(11-13-25)16-4-2-1-3-5-16/h6-9,16H,1-5,10-14H2. The lowest BCUT2D eigenvalue weighted by Crippen LogP contribution is -2.52. The molecule has 30 heavy (non-hydrogen) atoms. The molecule has 8 nitrogen and oxygen atoms in total. The minimum Gasteiger partial charge on any atom is -0.332 e. The SMILES string of the molecule is O=C(c1nc(CS(=O)(=O)c2ccc(Cl)cc2)no1)N1CCN(C2CCCCC2)CC1. The van der Waals surface area contributed by atoms with E-state index < -0.39 is 15.6 Å². The first kappa shape index (κ1) is 21.3. The molecule has 1 saturated heterocycles. The second kappa shape index (κ2) is 9.03. The fourth-order valence-corrected chi connectivity index (χ4v) is 5.47. The first-order valence-corrected chi connectivity index (χ1v) is 12.3. The Morgan fingerprint density at radius 1 is 1.07 bits per heavy atom. The molecule has 0 unspecified atom stereocenters. The van der Waals surface area contributed by atoms with Crippen LogP contribution in [0.15, 0.2) is 33.7 Å². The summed E-state index contributed by atoms with van der Waals surface area (Å²) < 4.78 is 30.1. The van der Waals surface area contributed by atoms with Crippen molar-refractivity contribution in [3.8, 4) is 0 Å². The molecule has 1 aromatic carbocycles.